The third-order valence-electron chi connectivity index (χ3n) is 1.53. The molecule has 2 nitrogen and oxygen atoms in total. The molecule has 0 aliphatic carbocycles. The van der Waals surface area contributed by atoms with Crippen molar-refractivity contribution in [3.63, 3.8) is 0 Å². The van der Waals surface area contributed by atoms with Crippen molar-refractivity contribution in [2.24, 2.45) is 0 Å². The van der Waals surface area contributed by atoms with Gasteiger partial charge in [0, 0.05) is 10.5 Å². The molecule has 0 fully saturated rings. The molecule has 0 bridgehead atoms. The van der Waals surface area contributed by atoms with Crippen LogP contribution in [0.3, 0.4) is 0 Å². The van der Waals surface area contributed by atoms with Crippen LogP contribution in [0.2, 0.25) is 5.15 Å². The zero-order chi connectivity index (χ0) is 8.72. The van der Waals surface area contributed by atoms with Gasteiger partial charge in [-0.25, -0.2) is 4.39 Å². The van der Waals surface area contributed by atoms with E-state index in [-0.39, 0.29) is 5.82 Å². The summed E-state index contributed by atoms with van der Waals surface area (Å²) in [5.74, 6) is -0.336. The summed E-state index contributed by atoms with van der Waals surface area (Å²) < 4.78 is 13.4. The summed E-state index contributed by atoms with van der Waals surface area (Å²) in [4.78, 5) is 0. The maximum Gasteiger partial charge on any atom is 0.133 e. The number of fused-ring (bicyclic) bond motifs is 1. The molecular weight excluding hydrogens is 246 g/mol. The van der Waals surface area contributed by atoms with Gasteiger partial charge >= 0.3 is 0 Å². The highest BCUT2D eigenvalue weighted by molar-refractivity contribution is 9.10. The number of nitrogens with zero attached hydrogens (tertiary/aromatic N) is 1. The predicted octanol–water partition coefficient (Wildman–Crippen LogP) is 3.12. The number of hydrogen-bond acceptors (Lipinski definition) is 1. The summed E-state index contributed by atoms with van der Waals surface area (Å²) in [5.41, 5.74) is 0.520. The second-order valence-electron chi connectivity index (χ2n) is 2.32. The van der Waals surface area contributed by atoms with E-state index in [4.69, 9.17) is 11.6 Å². The number of rotatable bonds is 0. The van der Waals surface area contributed by atoms with Crippen LogP contribution in [-0.4, -0.2) is 10.2 Å². The van der Waals surface area contributed by atoms with Crippen molar-refractivity contribution in [3.05, 3.63) is 27.6 Å². The van der Waals surface area contributed by atoms with Gasteiger partial charge in [0.2, 0.25) is 0 Å². The minimum Gasteiger partial charge on any atom is -0.266 e. The molecule has 5 heteroatoms. The average Bonchev–Trinajstić information content (AvgIpc) is 2.31. The normalized spacial score (nSPS) is 10.9. The SMILES string of the molecule is Fc1cc(Br)c2c(Cl)[nH]nc2c1. The molecule has 1 aromatic heterocycles. The molecule has 1 N–H and O–H groups in total. The minimum atomic E-state index is -0.336. The lowest BCUT2D eigenvalue weighted by molar-refractivity contribution is 0.628. The van der Waals surface area contributed by atoms with Gasteiger partial charge in [-0.05, 0) is 22.0 Å². The van der Waals surface area contributed by atoms with Crippen molar-refractivity contribution in [2.75, 3.05) is 0 Å². The Morgan fingerprint density at radius 3 is 3.00 bits per heavy atom. The zero-order valence-electron chi connectivity index (χ0n) is 5.74. The number of aromatic amines is 1. The molecule has 0 spiro atoms. The number of aromatic nitrogens is 2. The first kappa shape index (κ1) is 8.01. The summed E-state index contributed by atoms with van der Waals surface area (Å²) in [6, 6.07) is 2.67. The number of benzene rings is 1. The van der Waals surface area contributed by atoms with Crippen LogP contribution < -0.4 is 0 Å². The van der Waals surface area contributed by atoms with Gasteiger partial charge in [-0.3, -0.25) is 5.10 Å². The van der Waals surface area contributed by atoms with Crippen LogP contribution in [0.25, 0.3) is 10.9 Å². The molecule has 0 amide bonds. The van der Waals surface area contributed by atoms with Gasteiger partial charge in [-0.1, -0.05) is 11.6 Å². The summed E-state index contributed by atoms with van der Waals surface area (Å²) in [6.45, 7) is 0. The van der Waals surface area contributed by atoms with Gasteiger partial charge in [-0.15, -0.1) is 0 Å². The average molecular weight is 249 g/mol. The number of nitrogens with one attached hydrogen (secondary N) is 1. The number of H-pyrrole nitrogens is 1. The Morgan fingerprint density at radius 1 is 1.50 bits per heavy atom. The molecular formula is C7H3BrClFN2. The highest BCUT2D eigenvalue weighted by Crippen LogP contribution is 2.29. The summed E-state index contributed by atoms with van der Waals surface area (Å²) in [7, 11) is 0. The Bertz CT molecular complexity index is 440. The van der Waals surface area contributed by atoms with Crippen molar-refractivity contribution in [1.82, 2.24) is 10.2 Å². The topological polar surface area (TPSA) is 28.7 Å². The second kappa shape index (κ2) is 2.71. The van der Waals surface area contributed by atoms with E-state index in [2.05, 4.69) is 26.1 Å². The third-order valence-corrected chi connectivity index (χ3v) is 2.43. The van der Waals surface area contributed by atoms with E-state index in [9.17, 15) is 4.39 Å². The molecule has 0 saturated carbocycles. The maximum absolute atomic E-state index is 12.8. The van der Waals surface area contributed by atoms with Gasteiger partial charge < -0.3 is 0 Å². The number of hydrogen-bond donors (Lipinski definition) is 1. The first-order valence-electron chi connectivity index (χ1n) is 3.17. The lowest BCUT2D eigenvalue weighted by atomic mass is 10.2. The Morgan fingerprint density at radius 2 is 2.25 bits per heavy atom. The first-order chi connectivity index (χ1) is 5.68. The molecule has 62 valence electrons. The van der Waals surface area contributed by atoms with Crippen LogP contribution in [0.5, 0.6) is 0 Å². The van der Waals surface area contributed by atoms with Crippen LogP contribution in [0, 0.1) is 5.82 Å². The van der Waals surface area contributed by atoms with E-state index in [0.717, 1.165) is 0 Å². The van der Waals surface area contributed by atoms with E-state index in [0.29, 0.717) is 20.5 Å². The first-order valence-corrected chi connectivity index (χ1v) is 4.34. The Kier molecular flexibility index (Phi) is 1.81. The van der Waals surface area contributed by atoms with Crippen LogP contribution in [0.4, 0.5) is 4.39 Å². The van der Waals surface area contributed by atoms with Crippen LogP contribution in [-0.2, 0) is 0 Å². The largest absolute Gasteiger partial charge is 0.266 e. The maximum atomic E-state index is 12.8. The van der Waals surface area contributed by atoms with Crippen LogP contribution in [0.1, 0.15) is 0 Å². The fraction of sp³-hybridized carbons (Fsp3) is 0. The smallest absolute Gasteiger partial charge is 0.133 e. The van der Waals surface area contributed by atoms with Crippen LogP contribution >= 0.6 is 27.5 Å². The highest BCUT2D eigenvalue weighted by Gasteiger charge is 2.08. The molecule has 0 saturated heterocycles. The van der Waals surface area contributed by atoms with Gasteiger partial charge in [0.15, 0.2) is 0 Å². The number of halogens is 3. The molecule has 0 unspecified atom stereocenters. The summed E-state index contributed by atoms with van der Waals surface area (Å²) in [5, 5.41) is 7.50. The molecule has 0 radical (unpaired) electrons. The Hall–Kier alpha value is -0.610. The monoisotopic (exact) mass is 248 g/mol. The molecule has 2 rings (SSSR count). The van der Waals surface area contributed by atoms with E-state index < -0.39 is 0 Å². The van der Waals surface area contributed by atoms with E-state index in [1.165, 1.54) is 12.1 Å². The summed E-state index contributed by atoms with van der Waals surface area (Å²) in [6.07, 6.45) is 0. The third kappa shape index (κ3) is 1.11. The molecule has 0 atom stereocenters. The summed E-state index contributed by atoms with van der Waals surface area (Å²) >= 11 is 8.95. The van der Waals surface area contributed by atoms with E-state index in [1.54, 1.807) is 0 Å². The lowest BCUT2D eigenvalue weighted by Gasteiger charge is -1.93. The van der Waals surface area contributed by atoms with E-state index >= 15 is 0 Å². The van der Waals surface area contributed by atoms with Crippen LogP contribution in [0.15, 0.2) is 16.6 Å². The lowest BCUT2D eigenvalue weighted by Crippen LogP contribution is -1.75. The molecule has 12 heavy (non-hydrogen) atoms. The van der Waals surface area contributed by atoms with E-state index in [1.807, 2.05) is 0 Å². The second-order valence-corrected chi connectivity index (χ2v) is 3.55. The van der Waals surface area contributed by atoms with Gasteiger partial charge in [0.25, 0.3) is 0 Å². The van der Waals surface area contributed by atoms with Crippen molar-refractivity contribution in [1.29, 1.82) is 0 Å². The highest BCUT2D eigenvalue weighted by atomic mass is 79.9. The van der Waals surface area contributed by atoms with Gasteiger partial charge in [-0.2, -0.15) is 5.10 Å². The standard InChI is InChI=1S/C7H3BrClFN2/c8-4-1-3(10)2-5-6(4)7(9)12-11-5/h1-2H,(H,11,12). The zero-order valence-corrected chi connectivity index (χ0v) is 8.08. The van der Waals surface area contributed by atoms with Gasteiger partial charge in [0.1, 0.15) is 11.0 Å². The van der Waals surface area contributed by atoms with Crippen molar-refractivity contribution < 1.29 is 4.39 Å². The Labute approximate surface area is 80.8 Å². The molecule has 0 aliphatic rings. The molecule has 0 aliphatic heterocycles. The quantitative estimate of drug-likeness (QED) is 0.763. The van der Waals surface area contributed by atoms with Crippen molar-refractivity contribution in [3.8, 4) is 0 Å². The van der Waals surface area contributed by atoms with Crippen molar-refractivity contribution in [2.45, 2.75) is 0 Å². The molecule has 1 heterocycles. The van der Waals surface area contributed by atoms with Gasteiger partial charge in [0.05, 0.1) is 10.9 Å². The fourth-order valence-electron chi connectivity index (χ4n) is 1.03. The predicted molar refractivity (Wildman–Crippen MR) is 48.8 cm³/mol. The van der Waals surface area contributed by atoms with Crippen molar-refractivity contribution >= 4 is 38.4 Å². The molecule has 1 aromatic carbocycles. The minimum absolute atomic E-state index is 0.336. The molecule has 2 aromatic rings. The Balaban J connectivity index is 2.93. The fourth-order valence-corrected chi connectivity index (χ4v) is 2.01.